The van der Waals surface area contributed by atoms with Gasteiger partial charge in [0.05, 0.1) is 11.0 Å². The maximum absolute atomic E-state index is 11.0. The van der Waals surface area contributed by atoms with Crippen molar-refractivity contribution in [2.75, 3.05) is 0 Å². The van der Waals surface area contributed by atoms with Gasteiger partial charge in [0.25, 0.3) is 5.91 Å². The van der Waals surface area contributed by atoms with Crippen LogP contribution in [0.25, 0.3) is 28.2 Å². The Labute approximate surface area is 174 Å². The molecule has 29 heavy (non-hydrogen) atoms. The van der Waals surface area contributed by atoms with Gasteiger partial charge in [-0.3, -0.25) is 10.0 Å². The lowest BCUT2D eigenvalue weighted by Gasteiger charge is -2.00. The van der Waals surface area contributed by atoms with Crippen LogP contribution >= 0.6 is 12.4 Å². The number of benzene rings is 3. The van der Waals surface area contributed by atoms with E-state index in [1.165, 1.54) is 11.6 Å². The van der Waals surface area contributed by atoms with Crippen molar-refractivity contribution in [2.24, 2.45) is 0 Å². The zero-order valence-electron chi connectivity index (χ0n) is 15.5. The number of carbonyl (C=O) groups excluding carboxylic acids is 1. The van der Waals surface area contributed by atoms with Gasteiger partial charge in [0.2, 0.25) is 0 Å². The van der Waals surface area contributed by atoms with E-state index >= 15 is 0 Å². The second kappa shape index (κ2) is 9.19. The van der Waals surface area contributed by atoms with E-state index < -0.39 is 5.91 Å². The molecule has 0 saturated carbocycles. The summed E-state index contributed by atoms with van der Waals surface area (Å²) in [5.74, 6) is 0.351. The summed E-state index contributed by atoms with van der Waals surface area (Å²) in [5, 5.41) is 8.50. The molecule has 1 aromatic heterocycles. The number of carbonyl (C=O) groups is 1. The molecule has 1 heterocycles. The second-order valence-electron chi connectivity index (χ2n) is 6.51. The molecule has 0 aliphatic rings. The van der Waals surface area contributed by atoms with Crippen LogP contribution in [0.5, 0.6) is 0 Å². The molecule has 0 fully saturated rings. The number of hydrogen-bond donors (Lipinski definition) is 3. The number of imidazole rings is 1. The van der Waals surface area contributed by atoms with Crippen LogP contribution in [0.1, 0.15) is 17.0 Å². The fraction of sp³-hybridized carbons (Fsp3) is 0.0435. The number of hydroxylamine groups is 1. The molecule has 1 amide bonds. The van der Waals surface area contributed by atoms with Crippen molar-refractivity contribution in [1.82, 2.24) is 15.4 Å². The fourth-order valence-corrected chi connectivity index (χ4v) is 3.11. The summed E-state index contributed by atoms with van der Waals surface area (Å²) in [6, 6.07) is 24.4. The summed E-state index contributed by atoms with van der Waals surface area (Å²) in [6.07, 6.45) is 3.61. The van der Waals surface area contributed by atoms with Gasteiger partial charge in [0.1, 0.15) is 5.82 Å². The Balaban J connectivity index is 0.00000240. The second-order valence-corrected chi connectivity index (χ2v) is 6.51. The lowest BCUT2D eigenvalue weighted by atomic mass is 10.1. The quantitative estimate of drug-likeness (QED) is 0.254. The van der Waals surface area contributed by atoms with Gasteiger partial charge in [0.15, 0.2) is 0 Å². The van der Waals surface area contributed by atoms with E-state index in [9.17, 15) is 4.79 Å². The average molecular weight is 406 g/mol. The Hall–Kier alpha value is -3.41. The number of aromatic nitrogens is 2. The maximum atomic E-state index is 11.0. The van der Waals surface area contributed by atoms with Crippen molar-refractivity contribution >= 4 is 35.4 Å². The predicted molar refractivity (Wildman–Crippen MR) is 117 cm³/mol. The molecule has 0 aliphatic heterocycles. The number of aromatic amines is 1. The summed E-state index contributed by atoms with van der Waals surface area (Å²) in [7, 11) is 0. The highest BCUT2D eigenvalue weighted by atomic mass is 35.5. The molecule has 0 atom stereocenters. The minimum absolute atomic E-state index is 0. The van der Waals surface area contributed by atoms with Crippen LogP contribution in [0.4, 0.5) is 0 Å². The van der Waals surface area contributed by atoms with E-state index in [0.717, 1.165) is 33.5 Å². The van der Waals surface area contributed by atoms with E-state index in [2.05, 4.69) is 34.2 Å². The van der Waals surface area contributed by atoms with Crippen molar-refractivity contribution in [3.8, 4) is 11.1 Å². The number of amides is 1. The molecule has 5 nitrogen and oxygen atoms in total. The van der Waals surface area contributed by atoms with Crippen molar-refractivity contribution in [1.29, 1.82) is 0 Å². The zero-order valence-corrected chi connectivity index (χ0v) is 16.3. The van der Waals surface area contributed by atoms with Crippen LogP contribution < -0.4 is 5.48 Å². The van der Waals surface area contributed by atoms with Gasteiger partial charge in [-0.15, -0.1) is 12.4 Å². The first kappa shape index (κ1) is 20.3. The molecule has 3 aromatic carbocycles. The molecule has 4 rings (SSSR count). The summed E-state index contributed by atoms with van der Waals surface area (Å²) >= 11 is 0. The van der Waals surface area contributed by atoms with E-state index in [1.807, 2.05) is 48.5 Å². The Kier molecular flexibility index (Phi) is 6.44. The molecule has 6 heteroatoms. The van der Waals surface area contributed by atoms with Gasteiger partial charge in [-0.25, -0.2) is 10.5 Å². The maximum Gasteiger partial charge on any atom is 0.267 e. The topological polar surface area (TPSA) is 78.0 Å². The lowest BCUT2D eigenvalue weighted by Crippen LogP contribution is -2.14. The molecule has 0 aliphatic carbocycles. The number of fused-ring (bicyclic) bond motifs is 1. The molecule has 3 N–H and O–H groups in total. The van der Waals surface area contributed by atoms with E-state index in [-0.39, 0.29) is 12.4 Å². The van der Waals surface area contributed by atoms with Crippen molar-refractivity contribution in [3.05, 3.63) is 95.8 Å². The molecule has 0 spiro atoms. The van der Waals surface area contributed by atoms with Gasteiger partial charge in [-0.1, -0.05) is 60.7 Å². The number of halogens is 1. The minimum Gasteiger partial charge on any atom is -0.342 e. The summed E-state index contributed by atoms with van der Waals surface area (Å²) in [5.41, 5.74) is 7.87. The zero-order chi connectivity index (χ0) is 19.3. The molecule has 0 unspecified atom stereocenters. The van der Waals surface area contributed by atoms with Gasteiger partial charge in [-0.2, -0.15) is 0 Å². The van der Waals surface area contributed by atoms with Gasteiger partial charge < -0.3 is 4.98 Å². The fourth-order valence-electron chi connectivity index (χ4n) is 3.11. The molecule has 146 valence electrons. The first-order valence-electron chi connectivity index (χ1n) is 8.96. The number of nitrogens with one attached hydrogen (secondary N) is 2. The van der Waals surface area contributed by atoms with Crippen LogP contribution in [0.15, 0.2) is 78.9 Å². The van der Waals surface area contributed by atoms with Crippen molar-refractivity contribution in [3.63, 3.8) is 0 Å². The first-order chi connectivity index (χ1) is 13.7. The lowest BCUT2D eigenvalue weighted by molar-refractivity contribution is -0.124. The third-order valence-electron chi connectivity index (χ3n) is 4.53. The Morgan fingerprint density at radius 3 is 2.48 bits per heavy atom. The summed E-state index contributed by atoms with van der Waals surface area (Å²) < 4.78 is 0. The molecular weight excluding hydrogens is 386 g/mol. The number of nitrogens with zero attached hydrogens (tertiary/aromatic N) is 1. The summed E-state index contributed by atoms with van der Waals surface area (Å²) in [4.78, 5) is 19.1. The Morgan fingerprint density at radius 2 is 1.76 bits per heavy atom. The highest BCUT2D eigenvalue weighted by molar-refractivity contribution is 5.90. The molecule has 0 saturated heterocycles. The van der Waals surface area contributed by atoms with E-state index in [4.69, 9.17) is 5.21 Å². The van der Waals surface area contributed by atoms with Gasteiger partial charge >= 0.3 is 0 Å². The third-order valence-corrected chi connectivity index (χ3v) is 4.53. The predicted octanol–water partition coefficient (Wildman–Crippen LogP) is 4.76. The van der Waals surface area contributed by atoms with E-state index in [1.54, 1.807) is 11.6 Å². The van der Waals surface area contributed by atoms with Crippen LogP contribution in [0.3, 0.4) is 0 Å². The molecule has 0 radical (unpaired) electrons. The minimum atomic E-state index is -0.554. The normalized spacial score (nSPS) is 10.8. The number of hydrogen-bond acceptors (Lipinski definition) is 3. The Morgan fingerprint density at radius 1 is 1.00 bits per heavy atom. The number of rotatable bonds is 5. The smallest absolute Gasteiger partial charge is 0.267 e. The molecular formula is C23H20ClN3O2. The molecule has 0 bridgehead atoms. The third kappa shape index (κ3) is 4.90. The van der Waals surface area contributed by atoms with Gasteiger partial charge in [0, 0.05) is 12.5 Å². The van der Waals surface area contributed by atoms with Gasteiger partial charge in [-0.05, 0) is 40.5 Å². The van der Waals surface area contributed by atoms with Crippen molar-refractivity contribution in [2.45, 2.75) is 6.42 Å². The SMILES string of the molecule is Cl.O=C(/C=C/c1ccc(Cc2nc3ccc(-c4ccccc4)cc3[nH]2)cc1)NO. The molecule has 4 aromatic rings. The van der Waals surface area contributed by atoms with Crippen LogP contribution in [-0.4, -0.2) is 21.1 Å². The van der Waals surface area contributed by atoms with Crippen LogP contribution in [0, 0.1) is 0 Å². The van der Waals surface area contributed by atoms with E-state index in [0.29, 0.717) is 6.42 Å². The standard InChI is InChI=1S/C23H19N3O2.ClH/c27-23(26-28)13-10-16-6-8-17(9-7-16)14-22-24-20-12-11-19(15-21(20)25-22)18-4-2-1-3-5-18;/h1-13,15,28H,14H2,(H,24,25)(H,26,27);1H/b13-10+;. The largest absolute Gasteiger partial charge is 0.342 e. The highest BCUT2D eigenvalue weighted by Crippen LogP contribution is 2.23. The summed E-state index contributed by atoms with van der Waals surface area (Å²) in [6.45, 7) is 0. The average Bonchev–Trinajstić information content (AvgIpc) is 3.15. The first-order valence-corrected chi connectivity index (χ1v) is 8.96. The highest BCUT2D eigenvalue weighted by Gasteiger charge is 2.06. The Bertz CT molecular complexity index is 1140. The number of H-pyrrole nitrogens is 1. The van der Waals surface area contributed by atoms with Crippen LogP contribution in [0.2, 0.25) is 0 Å². The monoisotopic (exact) mass is 405 g/mol. The van der Waals surface area contributed by atoms with Crippen molar-refractivity contribution < 1.29 is 10.0 Å². The van der Waals surface area contributed by atoms with Crippen LogP contribution in [-0.2, 0) is 11.2 Å².